The first kappa shape index (κ1) is 14.7. The molecule has 0 spiro atoms. The van der Waals surface area contributed by atoms with Crippen LogP contribution in [0.5, 0.6) is 5.75 Å². The normalized spacial score (nSPS) is 10.3. The lowest BCUT2D eigenvalue weighted by atomic mass is 10.2. The fraction of sp³-hybridized carbons (Fsp3) is 0.250. The van der Waals surface area contributed by atoms with E-state index in [0.717, 1.165) is 28.0 Å². The molecular weight excluding hydrogens is 316 g/mol. The van der Waals surface area contributed by atoms with Crippen molar-refractivity contribution < 1.29 is 4.74 Å². The number of nitrogens with two attached hydrogens (primary N) is 1. The number of rotatable bonds is 5. The molecule has 0 aliphatic heterocycles. The zero-order valence-electron chi connectivity index (χ0n) is 11.7. The fourth-order valence-electron chi connectivity index (χ4n) is 1.97. The van der Waals surface area contributed by atoms with Crippen LogP contribution in [-0.4, -0.2) is 6.61 Å². The van der Waals surface area contributed by atoms with Gasteiger partial charge in [-0.25, -0.2) is 0 Å². The van der Waals surface area contributed by atoms with Gasteiger partial charge in [0, 0.05) is 33.7 Å². The van der Waals surface area contributed by atoms with Crippen LogP contribution in [0, 0.1) is 6.92 Å². The molecule has 0 heterocycles. The van der Waals surface area contributed by atoms with E-state index < -0.39 is 0 Å². The second-order valence-electron chi connectivity index (χ2n) is 4.78. The largest absolute Gasteiger partial charge is 0.493 e. The van der Waals surface area contributed by atoms with Gasteiger partial charge in [-0.05, 0) is 43.2 Å². The third-order valence-electron chi connectivity index (χ3n) is 2.73. The lowest BCUT2D eigenvalue weighted by Crippen LogP contribution is -1.98. The van der Waals surface area contributed by atoms with Crippen LogP contribution in [-0.2, 0) is 0 Å². The molecule has 0 saturated carbocycles. The number of ether oxygens (including phenoxy) is 1. The van der Waals surface area contributed by atoms with Crippen LogP contribution in [0.15, 0.2) is 40.9 Å². The number of benzene rings is 2. The highest BCUT2D eigenvalue weighted by Crippen LogP contribution is 2.27. The summed E-state index contributed by atoms with van der Waals surface area (Å²) in [6, 6.07) is 11.9. The minimum absolute atomic E-state index is 0.688. The maximum atomic E-state index is 5.92. The highest BCUT2D eigenvalue weighted by molar-refractivity contribution is 9.10. The average molecular weight is 335 g/mol. The third-order valence-corrected chi connectivity index (χ3v) is 3.19. The van der Waals surface area contributed by atoms with E-state index in [4.69, 9.17) is 10.5 Å². The van der Waals surface area contributed by atoms with Crippen LogP contribution < -0.4 is 15.8 Å². The summed E-state index contributed by atoms with van der Waals surface area (Å²) in [6.45, 7) is 4.83. The smallest absolute Gasteiger partial charge is 0.123 e. The van der Waals surface area contributed by atoms with Crippen molar-refractivity contribution in [2.45, 2.75) is 20.3 Å². The topological polar surface area (TPSA) is 47.3 Å². The van der Waals surface area contributed by atoms with Gasteiger partial charge < -0.3 is 15.8 Å². The van der Waals surface area contributed by atoms with Crippen molar-refractivity contribution in [3.8, 4) is 5.75 Å². The molecule has 0 saturated heterocycles. The van der Waals surface area contributed by atoms with Gasteiger partial charge in [0.2, 0.25) is 0 Å². The van der Waals surface area contributed by atoms with Crippen LogP contribution >= 0.6 is 15.9 Å². The van der Waals surface area contributed by atoms with Crippen LogP contribution in [0.4, 0.5) is 17.1 Å². The summed E-state index contributed by atoms with van der Waals surface area (Å²) in [5.74, 6) is 0.793. The van der Waals surface area contributed by atoms with Crippen LogP contribution in [0.25, 0.3) is 0 Å². The molecule has 3 nitrogen and oxygen atoms in total. The predicted molar refractivity (Wildman–Crippen MR) is 88.8 cm³/mol. The third kappa shape index (κ3) is 4.17. The zero-order valence-corrected chi connectivity index (χ0v) is 13.3. The van der Waals surface area contributed by atoms with E-state index in [1.54, 1.807) is 0 Å². The van der Waals surface area contributed by atoms with E-state index in [1.807, 2.05) is 24.3 Å². The molecule has 2 aromatic carbocycles. The summed E-state index contributed by atoms with van der Waals surface area (Å²) in [7, 11) is 0. The molecule has 0 aromatic heterocycles. The van der Waals surface area contributed by atoms with Crippen molar-refractivity contribution in [1.29, 1.82) is 0 Å². The molecule has 2 aromatic rings. The molecule has 2 rings (SSSR count). The Kier molecular flexibility index (Phi) is 4.90. The second-order valence-corrected chi connectivity index (χ2v) is 5.70. The number of hydrogen-bond acceptors (Lipinski definition) is 3. The Hall–Kier alpha value is -1.68. The molecule has 0 fully saturated rings. The number of halogens is 1. The molecule has 4 heteroatoms. The van der Waals surface area contributed by atoms with Gasteiger partial charge in [-0.1, -0.05) is 22.9 Å². The molecule has 0 aliphatic carbocycles. The van der Waals surface area contributed by atoms with Crippen molar-refractivity contribution in [1.82, 2.24) is 0 Å². The van der Waals surface area contributed by atoms with E-state index in [0.29, 0.717) is 12.3 Å². The van der Waals surface area contributed by atoms with Gasteiger partial charge in [-0.2, -0.15) is 0 Å². The first-order valence-corrected chi connectivity index (χ1v) is 7.43. The Labute approximate surface area is 128 Å². The Bertz CT molecular complexity index is 579. The summed E-state index contributed by atoms with van der Waals surface area (Å²) in [5.41, 5.74) is 9.73. The van der Waals surface area contributed by atoms with E-state index in [1.165, 1.54) is 5.56 Å². The van der Waals surface area contributed by atoms with E-state index in [-0.39, 0.29) is 0 Å². The molecule has 0 unspecified atom stereocenters. The molecule has 0 amide bonds. The lowest BCUT2D eigenvalue weighted by molar-refractivity contribution is 0.318. The summed E-state index contributed by atoms with van der Waals surface area (Å²) in [4.78, 5) is 0. The van der Waals surface area contributed by atoms with Gasteiger partial charge in [-0.15, -0.1) is 0 Å². The first-order chi connectivity index (χ1) is 9.56. The molecule has 0 bridgehead atoms. The number of nitrogen functional groups attached to an aromatic ring is 1. The first-order valence-electron chi connectivity index (χ1n) is 6.64. The van der Waals surface area contributed by atoms with Crippen molar-refractivity contribution in [3.63, 3.8) is 0 Å². The molecule has 0 atom stereocenters. The molecule has 20 heavy (non-hydrogen) atoms. The van der Waals surface area contributed by atoms with Crippen LogP contribution in [0.2, 0.25) is 0 Å². The number of aryl methyl sites for hydroxylation is 1. The SMILES string of the molecule is CCCOc1cc(N)cc(Nc2cc(C)cc(Br)c2)c1. The monoisotopic (exact) mass is 334 g/mol. The second kappa shape index (κ2) is 6.66. The van der Waals surface area contributed by atoms with Gasteiger partial charge >= 0.3 is 0 Å². The summed E-state index contributed by atoms with van der Waals surface area (Å²) >= 11 is 3.50. The Balaban J connectivity index is 2.21. The lowest BCUT2D eigenvalue weighted by Gasteiger charge is -2.12. The Morgan fingerprint density at radius 3 is 2.55 bits per heavy atom. The van der Waals surface area contributed by atoms with Crippen molar-refractivity contribution in [2.75, 3.05) is 17.7 Å². The molecular formula is C16H19BrN2O. The van der Waals surface area contributed by atoms with Crippen molar-refractivity contribution in [3.05, 3.63) is 46.4 Å². The quantitative estimate of drug-likeness (QED) is 0.766. The summed E-state index contributed by atoms with van der Waals surface area (Å²) in [5, 5.41) is 3.35. The van der Waals surface area contributed by atoms with E-state index >= 15 is 0 Å². The molecule has 0 radical (unpaired) electrons. The highest BCUT2D eigenvalue weighted by Gasteiger charge is 2.02. The Morgan fingerprint density at radius 2 is 1.85 bits per heavy atom. The number of hydrogen-bond donors (Lipinski definition) is 2. The maximum absolute atomic E-state index is 5.92. The molecule has 0 aliphatic rings. The van der Waals surface area contributed by atoms with Gasteiger partial charge in [0.15, 0.2) is 0 Å². The highest BCUT2D eigenvalue weighted by atomic mass is 79.9. The minimum Gasteiger partial charge on any atom is -0.493 e. The van der Waals surface area contributed by atoms with Gasteiger partial charge in [-0.3, -0.25) is 0 Å². The summed E-state index contributed by atoms with van der Waals surface area (Å²) in [6.07, 6.45) is 0.975. The minimum atomic E-state index is 0.688. The van der Waals surface area contributed by atoms with E-state index in [2.05, 4.69) is 47.2 Å². The van der Waals surface area contributed by atoms with Gasteiger partial charge in [0.1, 0.15) is 5.75 Å². The predicted octanol–water partition coefficient (Wildman–Crippen LogP) is 4.87. The van der Waals surface area contributed by atoms with Crippen molar-refractivity contribution >= 4 is 33.0 Å². The standard InChI is InChI=1S/C16H19BrN2O/c1-3-4-20-16-9-13(18)8-15(10-16)19-14-6-11(2)5-12(17)7-14/h5-10,19H,3-4,18H2,1-2H3. The number of anilines is 3. The molecule has 3 N–H and O–H groups in total. The molecule has 106 valence electrons. The fourth-order valence-corrected chi connectivity index (χ4v) is 2.58. The summed E-state index contributed by atoms with van der Waals surface area (Å²) < 4.78 is 6.68. The van der Waals surface area contributed by atoms with Gasteiger partial charge in [0.05, 0.1) is 6.61 Å². The average Bonchev–Trinajstić information content (AvgIpc) is 2.34. The van der Waals surface area contributed by atoms with Crippen LogP contribution in [0.1, 0.15) is 18.9 Å². The number of nitrogens with one attached hydrogen (secondary N) is 1. The van der Waals surface area contributed by atoms with Crippen molar-refractivity contribution in [2.24, 2.45) is 0 Å². The maximum Gasteiger partial charge on any atom is 0.123 e. The van der Waals surface area contributed by atoms with Crippen LogP contribution in [0.3, 0.4) is 0 Å². The Morgan fingerprint density at radius 1 is 1.10 bits per heavy atom. The van der Waals surface area contributed by atoms with E-state index in [9.17, 15) is 0 Å². The van der Waals surface area contributed by atoms with Gasteiger partial charge in [0.25, 0.3) is 0 Å². The zero-order chi connectivity index (χ0) is 14.5.